The van der Waals surface area contributed by atoms with Gasteiger partial charge in [-0.2, -0.15) is 4.31 Å². The summed E-state index contributed by atoms with van der Waals surface area (Å²) in [5.41, 5.74) is 0.914. The monoisotopic (exact) mass is 670 g/mol. The molecule has 1 aliphatic heterocycles. The van der Waals surface area contributed by atoms with Gasteiger partial charge in [-0.3, -0.25) is 9.69 Å². The topological polar surface area (TPSA) is 139 Å². The highest BCUT2D eigenvalue weighted by Gasteiger charge is 2.42. The van der Waals surface area contributed by atoms with Crippen molar-refractivity contribution in [2.75, 3.05) is 26.7 Å². The molecule has 2 fully saturated rings. The molecule has 5 rings (SSSR count). The second-order valence-electron chi connectivity index (χ2n) is 12.3. The molecule has 1 aliphatic carbocycles. The molecular formula is C34H40F2N4O6S. The lowest BCUT2D eigenvalue weighted by atomic mass is 9.83. The maximum atomic E-state index is 14.1. The summed E-state index contributed by atoms with van der Waals surface area (Å²) >= 11 is 0. The van der Waals surface area contributed by atoms with Gasteiger partial charge < -0.3 is 20.8 Å². The third kappa shape index (κ3) is 7.98. The summed E-state index contributed by atoms with van der Waals surface area (Å²) < 4.78 is 56.3. The van der Waals surface area contributed by atoms with Gasteiger partial charge in [0.05, 0.1) is 11.0 Å². The molecule has 0 bridgehead atoms. The van der Waals surface area contributed by atoms with Gasteiger partial charge in [-0.1, -0.05) is 42.5 Å². The van der Waals surface area contributed by atoms with Crippen molar-refractivity contribution in [2.24, 2.45) is 5.92 Å². The first-order chi connectivity index (χ1) is 22.5. The molecule has 3 unspecified atom stereocenters. The van der Waals surface area contributed by atoms with Gasteiger partial charge in [0.1, 0.15) is 17.7 Å². The molecule has 0 spiro atoms. The van der Waals surface area contributed by atoms with E-state index in [2.05, 4.69) is 10.6 Å². The number of aliphatic hydroxyl groups is 1. The summed E-state index contributed by atoms with van der Waals surface area (Å²) in [6.07, 6.45) is -0.461. The van der Waals surface area contributed by atoms with E-state index in [0.29, 0.717) is 50.0 Å². The molecule has 1 saturated carbocycles. The van der Waals surface area contributed by atoms with Gasteiger partial charge in [0.2, 0.25) is 15.9 Å². The number of likely N-dealkylation sites (N-methyl/N-ethyl adjacent to an activating group) is 1. The molecule has 3 aromatic rings. The highest BCUT2D eigenvalue weighted by Crippen LogP contribution is 2.35. The van der Waals surface area contributed by atoms with E-state index in [-0.39, 0.29) is 23.3 Å². The molecule has 10 nitrogen and oxygen atoms in total. The number of sulfonamides is 1. The van der Waals surface area contributed by atoms with Crippen molar-refractivity contribution in [1.82, 2.24) is 19.8 Å². The summed E-state index contributed by atoms with van der Waals surface area (Å²) in [4.78, 5) is 27.5. The summed E-state index contributed by atoms with van der Waals surface area (Å²) in [5.74, 6) is -2.75. The average molecular weight is 671 g/mol. The van der Waals surface area contributed by atoms with Crippen molar-refractivity contribution in [3.05, 3.63) is 102 Å². The Morgan fingerprint density at radius 3 is 2.13 bits per heavy atom. The highest BCUT2D eigenvalue weighted by atomic mass is 32.2. The molecule has 4 N–H and O–H groups in total. The number of nitrogens with zero attached hydrogens (tertiary/aromatic N) is 2. The molecule has 0 aromatic heterocycles. The quantitative estimate of drug-likeness (QED) is 0.244. The largest absolute Gasteiger partial charge is 0.465 e. The van der Waals surface area contributed by atoms with Crippen LogP contribution in [0.1, 0.15) is 42.7 Å². The third-order valence-electron chi connectivity index (χ3n) is 9.28. The van der Waals surface area contributed by atoms with Crippen LogP contribution in [0.4, 0.5) is 13.6 Å². The number of rotatable bonds is 11. The average Bonchev–Trinajstić information content (AvgIpc) is 3.41. The molecule has 1 saturated heterocycles. The van der Waals surface area contributed by atoms with Gasteiger partial charge >= 0.3 is 6.09 Å². The first-order valence-electron chi connectivity index (χ1n) is 15.7. The number of piperazine rings is 1. The lowest BCUT2D eigenvalue weighted by molar-refractivity contribution is -0.127. The van der Waals surface area contributed by atoms with Crippen molar-refractivity contribution in [1.29, 1.82) is 0 Å². The molecular weight excluding hydrogens is 630 g/mol. The van der Waals surface area contributed by atoms with Crippen LogP contribution in [-0.4, -0.2) is 90.7 Å². The zero-order valence-corrected chi connectivity index (χ0v) is 26.8. The van der Waals surface area contributed by atoms with E-state index < -0.39 is 57.8 Å². The van der Waals surface area contributed by atoms with Crippen LogP contribution in [0.2, 0.25) is 0 Å². The minimum atomic E-state index is -3.73. The Labute approximate surface area is 273 Å². The molecule has 2 amide bonds. The normalized spacial score (nSPS) is 22.6. The third-order valence-corrected chi connectivity index (χ3v) is 11.2. The molecule has 5 atom stereocenters. The van der Waals surface area contributed by atoms with Gasteiger partial charge in [-0.05, 0) is 79.1 Å². The fourth-order valence-electron chi connectivity index (χ4n) is 6.87. The van der Waals surface area contributed by atoms with E-state index in [4.69, 9.17) is 0 Å². The minimum absolute atomic E-state index is 0.206. The Hall–Kier alpha value is -3.91. The van der Waals surface area contributed by atoms with Crippen LogP contribution in [0.15, 0.2) is 83.8 Å². The van der Waals surface area contributed by atoms with Crippen molar-refractivity contribution in [3.8, 4) is 0 Å². The SMILES string of the molecule is CN(C(=O)O)[C@@H](C(=O)NC1CC(O)CC1CC[C@H]1CNCCN1S(=O)(=O)c1ccccc1)C(c1ccc(F)cc1)c1ccc(F)cc1. The first-order valence-corrected chi connectivity index (χ1v) is 17.1. The van der Waals surface area contributed by atoms with E-state index in [1.54, 1.807) is 30.3 Å². The predicted molar refractivity (Wildman–Crippen MR) is 171 cm³/mol. The van der Waals surface area contributed by atoms with E-state index >= 15 is 0 Å². The van der Waals surface area contributed by atoms with Gasteiger partial charge in [0, 0.05) is 44.7 Å². The van der Waals surface area contributed by atoms with E-state index in [1.807, 2.05) is 0 Å². The lowest BCUT2D eigenvalue weighted by Crippen LogP contribution is -2.54. The number of halogens is 2. The number of carbonyl (C=O) groups excluding carboxylic acids is 1. The minimum Gasteiger partial charge on any atom is -0.465 e. The Balaban J connectivity index is 1.37. The fourth-order valence-corrected chi connectivity index (χ4v) is 8.54. The van der Waals surface area contributed by atoms with E-state index in [0.717, 1.165) is 4.90 Å². The number of carboxylic acid groups (broad SMARTS) is 1. The summed E-state index contributed by atoms with van der Waals surface area (Å²) in [5, 5.41) is 26.9. The molecule has 1 heterocycles. The van der Waals surface area contributed by atoms with Crippen LogP contribution in [0.5, 0.6) is 0 Å². The molecule has 47 heavy (non-hydrogen) atoms. The first kappa shape index (κ1) is 34.4. The van der Waals surface area contributed by atoms with Crippen LogP contribution >= 0.6 is 0 Å². The highest BCUT2D eigenvalue weighted by molar-refractivity contribution is 7.89. The van der Waals surface area contributed by atoms with Crippen LogP contribution in [0.3, 0.4) is 0 Å². The van der Waals surface area contributed by atoms with Crippen molar-refractivity contribution < 1.29 is 37.0 Å². The van der Waals surface area contributed by atoms with Gasteiger partial charge in [-0.15, -0.1) is 0 Å². The Morgan fingerprint density at radius 1 is 0.957 bits per heavy atom. The molecule has 252 valence electrons. The number of carbonyl (C=O) groups is 2. The summed E-state index contributed by atoms with van der Waals surface area (Å²) in [6.45, 7) is 1.29. The number of aliphatic hydroxyl groups excluding tert-OH is 1. The van der Waals surface area contributed by atoms with Crippen LogP contribution in [0, 0.1) is 17.6 Å². The maximum Gasteiger partial charge on any atom is 0.407 e. The predicted octanol–water partition coefficient (Wildman–Crippen LogP) is 3.77. The Morgan fingerprint density at radius 2 is 1.55 bits per heavy atom. The lowest BCUT2D eigenvalue weighted by Gasteiger charge is -2.36. The van der Waals surface area contributed by atoms with Crippen molar-refractivity contribution in [2.45, 2.75) is 60.7 Å². The molecule has 13 heteroatoms. The zero-order chi connectivity index (χ0) is 33.7. The number of benzene rings is 3. The van der Waals surface area contributed by atoms with Crippen LogP contribution < -0.4 is 10.6 Å². The van der Waals surface area contributed by atoms with Gasteiger partial charge in [0.15, 0.2) is 0 Å². The molecule has 0 radical (unpaired) electrons. The number of hydrogen-bond donors (Lipinski definition) is 4. The van der Waals surface area contributed by atoms with E-state index in [1.165, 1.54) is 59.9 Å². The zero-order valence-electron chi connectivity index (χ0n) is 26.0. The van der Waals surface area contributed by atoms with Crippen molar-refractivity contribution in [3.63, 3.8) is 0 Å². The number of amides is 2. The Bertz CT molecular complexity index is 1580. The molecule has 2 aliphatic rings. The second-order valence-corrected chi connectivity index (χ2v) is 14.2. The summed E-state index contributed by atoms with van der Waals surface area (Å²) in [6, 6.07) is 16.8. The standard InChI is InChI=1S/C34H40F2N4O6S/c1-39(34(43)44)32(31(22-7-12-25(35)13-8-22)23-9-14-26(36)15-10-23)33(42)38-30-20-28(41)19-24(30)11-16-27-21-37-17-18-40(27)47(45,46)29-5-3-2-4-6-29/h2-10,12-15,24,27-28,30-32,37,41H,11,16-21H2,1H3,(H,38,42)(H,43,44)/t24?,27-,28?,30?,32+/m0/s1. The van der Waals surface area contributed by atoms with Gasteiger partial charge in [0.25, 0.3) is 0 Å². The maximum absolute atomic E-state index is 14.1. The van der Waals surface area contributed by atoms with Crippen LogP contribution in [-0.2, 0) is 14.8 Å². The number of hydrogen-bond acceptors (Lipinski definition) is 6. The van der Waals surface area contributed by atoms with Crippen molar-refractivity contribution >= 4 is 22.0 Å². The second kappa shape index (κ2) is 14.9. The van der Waals surface area contributed by atoms with Gasteiger partial charge in [-0.25, -0.2) is 22.0 Å². The Kier molecular flexibility index (Phi) is 10.9. The molecule has 3 aromatic carbocycles. The number of nitrogens with one attached hydrogen (secondary N) is 2. The van der Waals surface area contributed by atoms with Crippen LogP contribution in [0.25, 0.3) is 0 Å². The summed E-state index contributed by atoms with van der Waals surface area (Å²) in [7, 11) is -2.46. The fraction of sp³-hybridized carbons (Fsp3) is 0.412. The van der Waals surface area contributed by atoms with E-state index in [9.17, 15) is 37.0 Å². The smallest absolute Gasteiger partial charge is 0.407 e.